The van der Waals surface area contributed by atoms with Crippen molar-refractivity contribution >= 4 is 17.8 Å². The molecule has 0 bridgehead atoms. The predicted octanol–water partition coefficient (Wildman–Crippen LogP) is 2.51. The quantitative estimate of drug-likeness (QED) is 0.554. The maximum Gasteiger partial charge on any atom is 0.306 e. The first-order valence-electron chi connectivity index (χ1n) is 11.6. The van der Waals surface area contributed by atoms with Crippen molar-refractivity contribution in [3.05, 3.63) is 47.5 Å². The molecular formula is C25H34N2O5. The number of benzene rings is 1. The summed E-state index contributed by atoms with van der Waals surface area (Å²) >= 11 is 0. The number of aliphatic hydroxyl groups excluding tert-OH is 1. The predicted molar refractivity (Wildman–Crippen MR) is 120 cm³/mol. The molecule has 2 amide bonds. The summed E-state index contributed by atoms with van der Waals surface area (Å²) in [6, 6.07) is 7.67. The Labute approximate surface area is 189 Å². The molecule has 2 N–H and O–H groups in total. The van der Waals surface area contributed by atoms with E-state index in [0.717, 1.165) is 30.4 Å². The lowest BCUT2D eigenvalue weighted by Gasteiger charge is -2.36. The molecule has 0 saturated carbocycles. The molecule has 1 aromatic carbocycles. The summed E-state index contributed by atoms with van der Waals surface area (Å²) < 4.78 is 5.34. The minimum absolute atomic E-state index is 0.0724. The Kier molecular flexibility index (Phi) is 8.85. The third-order valence-corrected chi connectivity index (χ3v) is 6.16. The molecule has 2 aliphatic rings. The van der Waals surface area contributed by atoms with Crippen molar-refractivity contribution < 1.29 is 24.2 Å². The zero-order valence-corrected chi connectivity index (χ0v) is 18.8. The molecule has 3 atom stereocenters. The lowest BCUT2D eigenvalue weighted by Crippen LogP contribution is -2.47. The van der Waals surface area contributed by atoms with Gasteiger partial charge in [0, 0.05) is 19.4 Å². The van der Waals surface area contributed by atoms with Crippen LogP contribution in [0.1, 0.15) is 56.6 Å². The number of aliphatic hydroxyl groups is 1. The normalized spacial score (nSPS) is 25.3. The van der Waals surface area contributed by atoms with Gasteiger partial charge in [0.2, 0.25) is 11.8 Å². The van der Waals surface area contributed by atoms with Crippen LogP contribution in [-0.2, 0) is 32.1 Å². The zero-order valence-electron chi connectivity index (χ0n) is 18.8. The van der Waals surface area contributed by atoms with Gasteiger partial charge in [-0.25, -0.2) is 0 Å². The van der Waals surface area contributed by atoms with E-state index in [2.05, 4.69) is 5.32 Å². The number of carbonyl (C=O) groups is 3. The van der Waals surface area contributed by atoms with E-state index in [4.69, 9.17) is 4.74 Å². The Hall–Kier alpha value is -2.67. The van der Waals surface area contributed by atoms with Crippen molar-refractivity contribution in [1.82, 2.24) is 10.2 Å². The van der Waals surface area contributed by atoms with E-state index in [1.165, 1.54) is 0 Å². The zero-order chi connectivity index (χ0) is 22.9. The van der Waals surface area contributed by atoms with E-state index in [9.17, 15) is 19.5 Å². The molecule has 0 aromatic heterocycles. The Morgan fingerprint density at radius 2 is 1.97 bits per heavy atom. The van der Waals surface area contributed by atoms with Gasteiger partial charge in [0.25, 0.3) is 0 Å². The second-order valence-electron chi connectivity index (χ2n) is 8.73. The number of amides is 2. The van der Waals surface area contributed by atoms with Gasteiger partial charge in [0.1, 0.15) is 6.10 Å². The Morgan fingerprint density at radius 3 is 2.75 bits per heavy atom. The van der Waals surface area contributed by atoms with Crippen LogP contribution in [0.5, 0.6) is 0 Å². The lowest BCUT2D eigenvalue weighted by molar-refractivity contribution is -0.148. The highest BCUT2D eigenvalue weighted by Crippen LogP contribution is 2.25. The van der Waals surface area contributed by atoms with Crippen molar-refractivity contribution in [2.75, 3.05) is 13.2 Å². The van der Waals surface area contributed by atoms with E-state index in [0.29, 0.717) is 25.8 Å². The first kappa shape index (κ1) is 24.0. The first-order valence-corrected chi connectivity index (χ1v) is 11.6. The van der Waals surface area contributed by atoms with Crippen LogP contribution in [0.4, 0.5) is 0 Å². The van der Waals surface area contributed by atoms with Gasteiger partial charge in [-0.15, -0.1) is 0 Å². The molecule has 2 aliphatic heterocycles. The fourth-order valence-corrected chi connectivity index (χ4v) is 4.28. The molecule has 2 heterocycles. The van der Waals surface area contributed by atoms with E-state index in [1.54, 1.807) is 11.8 Å². The molecule has 0 spiro atoms. The molecule has 174 valence electrons. The van der Waals surface area contributed by atoms with Crippen molar-refractivity contribution in [2.45, 2.75) is 70.6 Å². The summed E-state index contributed by atoms with van der Waals surface area (Å²) in [4.78, 5) is 39.6. The fraction of sp³-hybridized carbons (Fsp3) is 0.560. The van der Waals surface area contributed by atoms with Crippen molar-refractivity contribution in [1.29, 1.82) is 0 Å². The molecular weight excluding hydrogens is 408 g/mol. The number of nitrogens with zero attached hydrogens (tertiary/aromatic N) is 1. The highest BCUT2D eigenvalue weighted by molar-refractivity contribution is 5.86. The summed E-state index contributed by atoms with van der Waals surface area (Å²) in [5.41, 5.74) is 2.23. The average Bonchev–Trinajstić information content (AvgIpc) is 2.79. The largest absolute Gasteiger partial charge is 0.461 e. The standard InChI is InChI=1S/C25H34N2O5/c1-18-15-26-25(31)20(10-5-3-2-4-6-12-24(30)32-18)14-23(29)27-16-21-11-8-7-9-19(21)13-22(27)17-28/h3,5,7-9,11,18,20,22,28H,2,4,6,10,12-17H2,1H3,(H,26,31). The number of carbonyl (C=O) groups excluding carboxylic acids is 3. The van der Waals surface area contributed by atoms with Gasteiger partial charge in [-0.05, 0) is 50.2 Å². The fourth-order valence-electron chi connectivity index (χ4n) is 4.28. The minimum Gasteiger partial charge on any atom is -0.461 e. The number of allylic oxidation sites excluding steroid dienone is 2. The van der Waals surface area contributed by atoms with Crippen LogP contribution in [0.15, 0.2) is 36.4 Å². The SMILES string of the molecule is CC1CNC(=O)C(CC(=O)N2Cc3ccccc3CC2CO)CC=CCCCCC(=O)O1. The molecule has 0 radical (unpaired) electrons. The molecule has 3 rings (SSSR count). The number of rotatable bonds is 3. The summed E-state index contributed by atoms with van der Waals surface area (Å²) in [6.45, 7) is 2.30. The van der Waals surface area contributed by atoms with E-state index in [-0.39, 0.29) is 43.4 Å². The molecule has 3 unspecified atom stereocenters. The summed E-state index contributed by atoms with van der Waals surface area (Å²) in [5, 5.41) is 12.7. The smallest absolute Gasteiger partial charge is 0.306 e. The van der Waals surface area contributed by atoms with Crippen molar-refractivity contribution in [3.8, 4) is 0 Å². The van der Waals surface area contributed by atoms with Crippen LogP contribution in [0.2, 0.25) is 0 Å². The van der Waals surface area contributed by atoms with Gasteiger partial charge in [-0.3, -0.25) is 14.4 Å². The number of hydrogen-bond donors (Lipinski definition) is 2. The average molecular weight is 443 g/mol. The van der Waals surface area contributed by atoms with Crippen LogP contribution < -0.4 is 5.32 Å². The number of esters is 1. The van der Waals surface area contributed by atoms with Crippen molar-refractivity contribution in [2.24, 2.45) is 5.92 Å². The van der Waals surface area contributed by atoms with E-state index in [1.807, 2.05) is 36.4 Å². The monoisotopic (exact) mass is 442 g/mol. The molecule has 7 nitrogen and oxygen atoms in total. The molecule has 0 aliphatic carbocycles. The van der Waals surface area contributed by atoms with E-state index < -0.39 is 12.0 Å². The van der Waals surface area contributed by atoms with Gasteiger partial charge in [0.05, 0.1) is 25.1 Å². The second kappa shape index (κ2) is 11.8. The summed E-state index contributed by atoms with van der Waals surface area (Å²) in [6.07, 6.45) is 7.55. The van der Waals surface area contributed by atoms with Crippen LogP contribution in [0, 0.1) is 5.92 Å². The Balaban J connectivity index is 1.69. The van der Waals surface area contributed by atoms with E-state index >= 15 is 0 Å². The van der Waals surface area contributed by atoms with Gasteiger partial charge >= 0.3 is 5.97 Å². The molecule has 0 fully saturated rings. The third kappa shape index (κ3) is 6.66. The van der Waals surface area contributed by atoms with Crippen LogP contribution in [-0.4, -0.2) is 53.1 Å². The summed E-state index contributed by atoms with van der Waals surface area (Å²) in [7, 11) is 0. The number of cyclic esters (lactones) is 1. The van der Waals surface area contributed by atoms with Gasteiger partial charge < -0.3 is 20.1 Å². The highest BCUT2D eigenvalue weighted by Gasteiger charge is 2.32. The topological polar surface area (TPSA) is 95.9 Å². The van der Waals surface area contributed by atoms with Crippen LogP contribution in [0.3, 0.4) is 0 Å². The summed E-state index contributed by atoms with van der Waals surface area (Å²) in [5.74, 6) is -1.12. The number of fused-ring (bicyclic) bond motifs is 1. The Morgan fingerprint density at radius 1 is 1.19 bits per heavy atom. The Bertz CT molecular complexity index is 837. The van der Waals surface area contributed by atoms with Crippen molar-refractivity contribution in [3.63, 3.8) is 0 Å². The minimum atomic E-state index is -0.513. The maximum absolute atomic E-state index is 13.2. The van der Waals surface area contributed by atoms with Gasteiger partial charge in [-0.2, -0.15) is 0 Å². The third-order valence-electron chi connectivity index (χ3n) is 6.16. The number of nitrogens with one attached hydrogen (secondary N) is 1. The molecule has 0 saturated heterocycles. The highest BCUT2D eigenvalue weighted by atomic mass is 16.5. The van der Waals surface area contributed by atoms with Crippen LogP contribution in [0.25, 0.3) is 0 Å². The molecule has 7 heteroatoms. The molecule has 1 aromatic rings. The van der Waals surface area contributed by atoms with Crippen LogP contribution >= 0.6 is 0 Å². The van der Waals surface area contributed by atoms with Gasteiger partial charge in [-0.1, -0.05) is 36.4 Å². The second-order valence-corrected chi connectivity index (χ2v) is 8.73. The maximum atomic E-state index is 13.2. The number of ether oxygens (including phenoxy) is 1. The van der Waals surface area contributed by atoms with Gasteiger partial charge in [0.15, 0.2) is 0 Å². The molecule has 32 heavy (non-hydrogen) atoms. The first-order chi connectivity index (χ1) is 15.5. The lowest BCUT2D eigenvalue weighted by atomic mass is 9.92. The number of hydrogen-bond acceptors (Lipinski definition) is 5.